The van der Waals surface area contributed by atoms with Crippen LogP contribution >= 0.6 is 12.2 Å². The second-order valence-corrected chi connectivity index (χ2v) is 9.82. The molecule has 0 unspecified atom stereocenters. The number of benzene rings is 3. The van der Waals surface area contributed by atoms with Crippen LogP contribution < -0.4 is 20.1 Å². The van der Waals surface area contributed by atoms with E-state index in [9.17, 15) is 4.79 Å². The zero-order valence-electron chi connectivity index (χ0n) is 21.1. The molecule has 0 atom stereocenters. The Balaban J connectivity index is 1.52. The first kappa shape index (κ1) is 26.2. The fourth-order valence-electron chi connectivity index (χ4n) is 3.73. The molecule has 0 saturated carbocycles. The van der Waals surface area contributed by atoms with Gasteiger partial charge in [0, 0.05) is 23.4 Å². The monoisotopic (exact) mass is 490 g/mol. The number of thiocarbonyl (C=S) groups is 1. The van der Waals surface area contributed by atoms with Crippen molar-refractivity contribution in [2.75, 3.05) is 26.1 Å². The molecule has 0 saturated heterocycles. The van der Waals surface area contributed by atoms with E-state index in [1.807, 2.05) is 66.7 Å². The first-order chi connectivity index (χ1) is 16.7. The fourth-order valence-corrected chi connectivity index (χ4v) is 3.95. The Morgan fingerprint density at radius 3 is 2.26 bits per heavy atom. The summed E-state index contributed by atoms with van der Waals surface area (Å²) in [4.78, 5) is 13.0. The van der Waals surface area contributed by atoms with Gasteiger partial charge in [-0.1, -0.05) is 63.2 Å². The highest BCUT2D eigenvalue weighted by Crippen LogP contribution is 2.28. The van der Waals surface area contributed by atoms with E-state index in [-0.39, 0.29) is 11.2 Å². The van der Waals surface area contributed by atoms with Crippen LogP contribution in [-0.4, -0.2) is 31.7 Å². The molecular weight excluding hydrogens is 456 g/mol. The molecule has 0 aliphatic carbocycles. The van der Waals surface area contributed by atoms with Gasteiger partial charge in [-0.3, -0.25) is 4.79 Å². The maximum absolute atomic E-state index is 13.0. The van der Waals surface area contributed by atoms with E-state index in [2.05, 4.69) is 31.4 Å². The lowest BCUT2D eigenvalue weighted by Crippen LogP contribution is -2.29. The van der Waals surface area contributed by atoms with Crippen molar-refractivity contribution in [2.45, 2.75) is 39.0 Å². The topological polar surface area (TPSA) is 59.6 Å². The van der Waals surface area contributed by atoms with E-state index in [0.29, 0.717) is 16.2 Å². The molecular formula is C29H34N2O3S. The second-order valence-electron chi connectivity index (χ2n) is 9.41. The normalized spacial score (nSPS) is 11.0. The van der Waals surface area contributed by atoms with Crippen molar-refractivity contribution >= 4 is 28.8 Å². The van der Waals surface area contributed by atoms with Crippen molar-refractivity contribution < 1.29 is 14.3 Å². The van der Waals surface area contributed by atoms with Gasteiger partial charge < -0.3 is 20.1 Å². The Morgan fingerprint density at radius 2 is 1.60 bits per heavy atom. The predicted molar refractivity (Wildman–Crippen MR) is 147 cm³/mol. The van der Waals surface area contributed by atoms with Gasteiger partial charge in [-0.05, 0) is 65.9 Å². The standard InChI is InChI=1S/C29H34N2O3S/c1-29(2,3)23-14-12-21(13-15-23)27(32)22-9-6-10-24(19-22)31-28(35)30-17-7-8-20-11-16-25(33-4)26(18-20)34-5/h6,9-16,18-19H,7-8,17H2,1-5H3,(H2,30,31,35). The number of hydrogen-bond donors (Lipinski definition) is 2. The minimum Gasteiger partial charge on any atom is -0.493 e. The van der Waals surface area contributed by atoms with Gasteiger partial charge in [0.1, 0.15) is 0 Å². The molecule has 0 fully saturated rings. The summed E-state index contributed by atoms with van der Waals surface area (Å²) >= 11 is 5.45. The van der Waals surface area contributed by atoms with E-state index in [4.69, 9.17) is 21.7 Å². The smallest absolute Gasteiger partial charge is 0.193 e. The van der Waals surface area contributed by atoms with Crippen molar-refractivity contribution in [3.05, 3.63) is 89.0 Å². The average Bonchev–Trinajstić information content (AvgIpc) is 2.85. The number of carbonyl (C=O) groups excluding carboxylic acids is 1. The maximum atomic E-state index is 13.0. The van der Waals surface area contributed by atoms with E-state index in [1.165, 1.54) is 11.1 Å². The van der Waals surface area contributed by atoms with Crippen molar-refractivity contribution in [1.29, 1.82) is 0 Å². The first-order valence-corrected chi connectivity index (χ1v) is 12.1. The lowest BCUT2D eigenvalue weighted by Gasteiger charge is -2.19. The van der Waals surface area contributed by atoms with Crippen LogP contribution in [-0.2, 0) is 11.8 Å². The van der Waals surface area contributed by atoms with Crippen LogP contribution in [0.15, 0.2) is 66.7 Å². The number of ketones is 1. The summed E-state index contributed by atoms with van der Waals surface area (Å²) < 4.78 is 10.7. The van der Waals surface area contributed by atoms with Crippen LogP contribution in [0.3, 0.4) is 0 Å². The molecule has 0 amide bonds. The fraction of sp³-hybridized carbons (Fsp3) is 0.310. The summed E-state index contributed by atoms with van der Waals surface area (Å²) in [5.41, 5.74) is 4.49. The lowest BCUT2D eigenvalue weighted by atomic mass is 9.86. The third kappa shape index (κ3) is 7.30. The Morgan fingerprint density at radius 1 is 0.886 bits per heavy atom. The van der Waals surface area contributed by atoms with E-state index >= 15 is 0 Å². The molecule has 0 radical (unpaired) electrons. The predicted octanol–water partition coefficient (Wildman–Crippen LogP) is 6.15. The highest BCUT2D eigenvalue weighted by atomic mass is 32.1. The maximum Gasteiger partial charge on any atom is 0.193 e. The molecule has 0 heterocycles. The van der Waals surface area contributed by atoms with Crippen LogP contribution in [0.25, 0.3) is 0 Å². The number of methoxy groups -OCH3 is 2. The summed E-state index contributed by atoms with van der Waals surface area (Å²) in [6.45, 7) is 7.20. The average molecular weight is 491 g/mol. The Labute approximate surface area is 213 Å². The highest BCUT2D eigenvalue weighted by Gasteiger charge is 2.15. The van der Waals surface area contributed by atoms with Gasteiger partial charge >= 0.3 is 0 Å². The Kier molecular flexibility index (Phi) is 8.88. The summed E-state index contributed by atoms with van der Waals surface area (Å²) in [7, 11) is 3.27. The number of anilines is 1. The van der Waals surface area contributed by atoms with Gasteiger partial charge in [-0.25, -0.2) is 0 Å². The molecule has 2 N–H and O–H groups in total. The van der Waals surface area contributed by atoms with Crippen molar-refractivity contribution in [1.82, 2.24) is 5.32 Å². The molecule has 3 rings (SSSR count). The molecule has 3 aromatic carbocycles. The number of ether oxygens (including phenoxy) is 2. The molecule has 0 aromatic heterocycles. The van der Waals surface area contributed by atoms with Gasteiger partial charge in [0.2, 0.25) is 0 Å². The zero-order valence-corrected chi connectivity index (χ0v) is 21.9. The summed E-state index contributed by atoms with van der Waals surface area (Å²) in [5.74, 6) is 1.44. The second kappa shape index (κ2) is 11.8. The van der Waals surface area contributed by atoms with E-state index < -0.39 is 0 Å². The van der Waals surface area contributed by atoms with Crippen LogP contribution in [0.1, 0.15) is 54.2 Å². The largest absolute Gasteiger partial charge is 0.493 e. The number of hydrogen-bond acceptors (Lipinski definition) is 4. The van der Waals surface area contributed by atoms with Crippen molar-refractivity contribution in [3.8, 4) is 11.5 Å². The zero-order chi connectivity index (χ0) is 25.4. The summed E-state index contributed by atoms with van der Waals surface area (Å²) in [5, 5.41) is 6.94. The summed E-state index contributed by atoms with van der Waals surface area (Å²) in [6, 6.07) is 21.2. The molecule has 6 heteroatoms. The van der Waals surface area contributed by atoms with Gasteiger partial charge in [-0.15, -0.1) is 0 Å². The van der Waals surface area contributed by atoms with Crippen LogP contribution in [0.2, 0.25) is 0 Å². The lowest BCUT2D eigenvalue weighted by molar-refractivity contribution is 0.103. The van der Waals surface area contributed by atoms with Crippen molar-refractivity contribution in [3.63, 3.8) is 0 Å². The summed E-state index contributed by atoms with van der Waals surface area (Å²) in [6.07, 6.45) is 1.79. The van der Waals surface area contributed by atoms with E-state index in [0.717, 1.165) is 36.6 Å². The quantitative estimate of drug-likeness (QED) is 0.213. The highest BCUT2D eigenvalue weighted by molar-refractivity contribution is 7.80. The van der Waals surface area contributed by atoms with Gasteiger partial charge in [-0.2, -0.15) is 0 Å². The molecule has 0 aliphatic heterocycles. The Hall–Kier alpha value is -3.38. The molecule has 0 bridgehead atoms. The molecule has 5 nitrogen and oxygen atoms in total. The third-order valence-electron chi connectivity index (χ3n) is 5.77. The number of nitrogens with one attached hydrogen (secondary N) is 2. The number of carbonyl (C=O) groups is 1. The molecule has 3 aromatic rings. The minimum absolute atomic E-state index is 0.0112. The van der Waals surface area contributed by atoms with Crippen molar-refractivity contribution in [2.24, 2.45) is 0 Å². The first-order valence-electron chi connectivity index (χ1n) is 11.7. The molecule has 35 heavy (non-hydrogen) atoms. The SMILES string of the molecule is COc1ccc(CCCNC(=S)Nc2cccc(C(=O)c3ccc(C(C)(C)C)cc3)c2)cc1OC. The minimum atomic E-state index is -0.0112. The van der Waals surface area contributed by atoms with E-state index in [1.54, 1.807) is 14.2 Å². The molecule has 0 aliphatic rings. The number of aryl methyl sites for hydroxylation is 1. The Bertz CT molecular complexity index is 1170. The molecule has 184 valence electrons. The third-order valence-corrected chi connectivity index (χ3v) is 6.02. The van der Waals surface area contributed by atoms with Crippen LogP contribution in [0, 0.1) is 0 Å². The van der Waals surface area contributed by atoms with Gasteiger partial charge in [0.05, 0.1) is 14.2 Å². The number of rotatable bonds is 9. The van der Waals surface area contributed by atoms with Crippen LogP contribution in [0.4, 0.5) is 5.69 Å². The van der Waals surface area contributed by atoms with Gasteiger partial charge in [0.25, 0.3) is 0 Å². The van der Waals surface area contributed by atoms with Crippen LogP contribution in [0.5, 0.6) is 11.5 Å². The molecule has 0 spiro atoms. The van der Waals surface area contributed by atoms with Gasteiger partial charge in [0.15, 0.2) is 22.4 Å².